The van der Waals surface area contributed by atoms with Crippen molar-refractivity contribution >= 4 is 15.6 Å². The van der Waals surface area contributed by atoms with Gasteiger partial charge in [-0.05, 0) is 43.9 Å². The topological polar surface area (TPSA) is 51.2 Å². The molecule has 0 N–H and O–H groups in total. The summed E-state index contributed by atoms with van der Waals surface area (Å²) < 4.78 is 23.6. The van der Waals surface area contributed by atoms with E-state index in [1.807, 2.05) is 19.1 Å². The molecule has 3 nitrogen and oxygen atoms in total. The fraction of sp³-hybridized carbons (Fsp3) is 0.500. The Morgan fingerprint density at radius 1 is 1.17 bits per heavy atom. The number of benzene rings is 1. The molecule has 0 atom stereocenters. The SMILES string of the molecule is CCCS(=O)(=O)c1ccc(CCCC(C)=O)cc1. The van der Waals surface area contributed by atoms with Crippen LogP contribution in [0.2, 0.25) is 0 Å². The summed E-state index contributed by atoms with van der Waals surface area (Å²) in [6.07, 6.45) is 2.84. The highest BCUT2D eigenvalue weighted by atomic mass is 32.2. The first kappa shape index (κ1) is 14.9. The number of hydrogen-bond acceptors (Lipinski definition) is 3. The molecule has 0 spiro atoms. The molecule has 1 rings (SSSR count). The summed E-state index contributed by atoms with van der Waals surface area (Å²) >= 11 is 0. The van der Waals surface area contributed by atoms with Crippen LogP contribution in [0.5, 0.6) is 0 Å². The number of carbonyl (C=O) groups excluding carboxylic acids is 1. The normalized spacial score (nSPS) is 11.4. The van der Waals surface area contributed by atoms with E-state index < -0.39 is 9.84 Å². The number of hydrogen-bond donors (Lipinski definition) is 0. The van der Waals surface area contributed by atoms with E-state index in [-0.39, 0.29) is 11.5 Å². The van der Waals surface area contributed by atoms with Crippen molar-refractivity contribution in [2.24, 2.45) is 0 Å². The monoisotopic (exact) mass is 268 g/mol. The third kappa shape index (κ3) is 4.61. The molecule has 100 valence electrons. The first-order chi connectivity index (χ1) is 8.45. The van der Waals surface area contributed by atoms with E-state index in [1.165, 1.54) is 0 Å². The van der Waals surface area contributed by atoms with E-state index in [9.17, 15) is 13.2 Å². The highest BCUT2D eigenvalue weighted by Crippen LogP contribution is 2.14. The van der Waals surface area contributed by atoms with Crippen LogP contribution in [0.15, 0.2) is 29.2 Å². The number of Topliss-reactive ketones (excluding diaryl/α,β-unsaturated/α-hetero) is 1. The highest BCUT2D eigenvalue weighted by molar-refractivity contribution is 7.91. The van der Waals surface area contributed by atoms with Crippen molar-refractivity contribution in [3.8, 4) is 0 Å². The Bertz CT molecular complexity index is 486. The first-order valence-corrected chi connectivity index (χ1v) is 7.92. The Morgan fingerprint density at radius 3 is 2.28 bits per heavy atom. The zero-order chi connectivity index (χ0) is 13.6. The molecule has 0 unspecified atom stereocenters. The van der Waals surface area contributed by atoms with E-state index in [4.69, 9.17) is 0 Å². The van der Waals surface area contributed by atoms with Gasteiger partial charge in [-0.3, -0.25) is 0 Å². The van der Waals surface area contributed by atoms with E-state index in [2.05, 4.69) is 0 Å². The van der Waals surface area contributed by atoms with Crippen LogP contribution in [-0.4, -0.2) is 20.0 Å². The van der Waals surface area contributed by atoms with Gasteiger partial charge in [0.15, 0.2) is 9.84 Å². The summed E-state index contributed by atoms with van der Waals surface area (Å²) in [7, 11) is -3.12. The Hall–Kier alpha value is -1.16. The molecular weight excluding hydrogens is 248 g/mol. The fourth-order valence-corrected chi connectivity index (χ4v) is 3.12. The van der Waals surface area contributed by atoms with E-state index in [0.29, 0.717) is 17.7 Å². The van der Waals surface area contributed by atoms with Crippen molar-refractivity contribution in [3.63, 3.8) is 0 Å². The van der Waals surface area contributed by atoms with Crippen molar-refractivity contribution in [2.45, 2.75) is 44.4 Å². The second-order valence-electron chi connectivity index (χ2n) is 4.52. The minimum atomic E-state index is -3.12. The average Bonchev–Trinajstić information content (AvgIpc) is 2.29. The molecule has 0 amide bonds. The molecule has 0 aliphatic heterocycles. The maximum absolute atomic E-state index is 11.8. The molecule has 0 saturated heterocycles. The van der Waals surface area contributed by atoms with Gasteiger partial charge in [0, 0.05) is 6.42 Å². The van der Waals surface area contributed by atoms with Gasteiger partial charge in [0.25, 0.3) is 0 Å². The molecule has 18 heavy (non-hydrogen) atoms. The van der Waals surface area contributed by atoms with E-state index in [1.54, 1.807) is 19.1 Å². The summed E-state index contributed by atoms with van der Waals surface area (Å²) in [6, 6.07) is 6.99. The lowest BCUT2D eigenvalue weighted by Crippen LogP contribution is -2.05. The van der Waals surface area contributed by atoms with Crippen LogP contribution in [-0.2, 0) is 21.1 Å². The molecule has 0 bridgehead atoms. The lowest BCUT2D eigenvalue weighted by Gasteiger charge is -2.04. The summed E-state index contributed by atoms with van der Waals surface area (Å²) in [6.45, 7) is 3.44. The van der Waals surface area contributed by atoms with Gasteiger partial charge in [0.2, 0.25) is 0 Å². The molecule has 1 aromatic rings. The van der Waals surface area contributed by atoms with Crippen molar-refractivity contribution in [3.05, 3.63) is 29.8 Å². The molecule has 0 fully saturated rings. The zero-order valence-corrected chi connectivity index (χ0v) is 11.8. The van der Waals surface area contributed by atoms with Crippen molar-refractivity contribution in [1.29, 1.82) is 0 Å². The summed E-state index contributed by atoms with van der Waals surface area (Å²) in [5.41, 5.74) is 1.08. The summed E-state index contributed by atoms with van der Waals surface area (Å²) in [5.74, 6) is 0.383. The lowest BCUT2D eigenvalue weighted by atomic mass is 10.1. The fourth-order valence-electron chi connectivity index (χ4n) is 1.79. The molecule has 0 saturated carbocycles. The van der Waals surface area contributed by atoms with Gasteiger partial charge >= 0.3 is 0 Å². The highest BCUT2D eigenvalue weighted by Gasteiger charge is 2.12. The number of carbonyl (C=O) groups is 1. The third-order valence-corrected chi connectivity index (χ3v) is 4.69. The maximum Gasteiger partial charge on any atom is 0.178 e. The number of ketones is 1. The Kier molecular flexibility index (Phi) is 5.54. The molecule has 0 aliphatic rings. The molecular formula is C14H20O3S. The summed E-state index contributed by atoms with van der Waals surface area (Å²) in [4.78, 5) is 11.2. The number of rotatable bonds is 7. The molecule has 1 aromatic carbocycles. The molecule has 0 aliphatic carbocycles. The van der Waals surface area contributed by atoms with Gasteiger partial charge in [-0.2, -0.15) is 0 Å². The van der Waals surface area contributed by atoms with E-state index >= 15 is 0 Å². The maximum atomic E-state index is 11.8. The smallest absolute Gasteiger partial charge is 0.178 e. The van der Waals surface area contributed by atoms with Gasteiger partial charge in [0.05, 0.1) is 10.6 Å². The quantitative estimate of drug-likeness (QED) is 0.764. The van der Waals surface area contributed by atoms with Crippen LogP contribution < -0.4 is 0 Å². The van der Waals surface area contributed by atoms with Crippen LogP contribution in [0.1, 0.15) is 38.7 Å². The predicted octanol–water partition coefficient (Wildman–Crippen LogP) is 2.78. The number of aryl methyl sites for hydroxylation is 1. The van der Waals surface area contributed by atoms with Crippen molar-refractivity contribution < 1.29 is 13.2 Å². The zero-order valence-electron chi connectivity index (χ0n) is 11.0. The first-order valence-electron chi connectivity index (χ1n) is 6.27. The predicted molar refractivity (Wildman–Crippen MR) is 72.4 cm³/mol. The van der Waals surface area contributed by atoms with Crippen LogP contribution in [0.4, 0.5) is 0 Å². The standard InChI is InChI=1S/C14H20O3S/c1-3-11-18(16,17)14-9-7-13(8-10-14)6-4-5-12(2)15/h7-10H,3-6,11H2,1-2H3. The van der Waals surface area contributed by atoms with Crippen molar-refractivity contribution in [2.75, 3.05) is 5.75 Å². The van der Waals surface area contributed by atoms with Crippen LogP contribution in [0.25, 0.3) is 0 Å². The average molecular weight is 268 g/mol. The van der Waals surface area contributed by atoms with Gasteiger partial charge in [-0.25, -0.2) is 8.42 Å². The van der Waals surface area contributed by atoms with Gasteiger partial charge in [-0.15, -0.1) is 0 Å². The molecule has 0 heterocycles. The van der Waals surface area contributed by atoms with E-state index in [0.717, 1.165) is 18.4 Å². The van der Waals surface area contributed by atoms with Crippen molar-refractivity contribution in [1.82, 2.24) is 0 Å². The minimum absolute atomic E-state index is 0.191. The minimum Gasteiger partial charge on any atom is -0.300 e. The Labute approximate surface area is 109 Å². The van der Waals surface area contributed by atoms with Crippen LogP contribution in [0.3, 0.4) is 0 Å². The second kappa shape index (κ2) is 6.69. The number of sulfone groups is 1. The van der Waals surface area contributed by atoms with Gasteiger partial charge in [-0.1, -0.05) is 19.1 Å². The van der Waals surface area contributed by atoms with Crippen LogP contribution >= 0.6 is 0 Å². The third-order valence-electron chi connectivity index (χ3n) is 2.75. The van der Waals surface area contributed by atoms with Crippen LogP contribution in [0, 0.1) is 0 Å². The lowest BCUT2D eigenvalue weighted by molar-refractivity contribution is -0.117. The Morgan fingerprint density at radius 2 is 1.78 bits per heavy atom. The molecule has 4 heteroatoms. The summed E-state index contributed by atoms with van der Waals surface area (Å²) in [5, 5.41) is 0. The largest absolute Gasteiger partial charge is 0.300 e. The van der Waals surface area contributed by atoms with Gasteiger partial charge < -0.3 is 4.79 Å². The molecule has 0 radical (unpaired) electrons. The van der Waals surface area contributed by atoms with Gasteiger partial charge in [0.1, 0.15) is 5.78 Å². The Balaban J connectivity index is 2.65. The molecule has 0 aromatic heterocycles. The second-order valence-corrected chi connectivity index (χ2v) is 6.63.